The molecule has 0 aromatic carbocycles. The molecule has 2 rings (SSSR count). The lowest BCUT2D eigenvalue weighted by Crippen LogP contribution is -2.49. The van der Waals surface area contributed by atoms with Crippen LogP contribution in [0.15, 0.2) is 0 Å². The summed E-state index contributed by atoms with van der Waals surface area (Å²) in [7, 11) is 0. The van der Waals surface area contributed by atoms with Crippen molar-refractivity contribution in [1.29, 1.82) is 0 Å². The monoisotopic (exact) mass is 520 g/mol. The maximum atomic E-state index is 11.8. The van der Waals surface area contributed by atoms with Crippen LogP contribution < -0.4 is 22.1 Å². The summed E-state index contributed by atoms with van der Waals surface area (Å²) < 4.78 is 0. The Morgan fingerprint density at radius 1 is 0.824 bits per heavy atom. The first-order chi connectivity index (χ1) is 16.3. The molecule has 2 fully saturated rings. The maximum absolute atomic E-state index is 11.8. The number of rotatable bonds is 13. The minimum absolute atomic E-state index is 0.235. The van der Waals surface area contributed by atoms with Gasteiger partial charge in [-0.15, -0.1) is 0 Å². The molecule has 0 aliphatic heterocycles. The average Bonchev–Trinajstić information content (AvgIpc) is 3.38. The van der Waals surface area contributed by atoms with E-state index in [0.29, 0.717) is 25.3 Å². The third-order valence-electron chi connectivity index (χ3n) is 6.65. The number of thioether (sulfide) groups is 2. The fourth-order valence-corrected chi connectivity index (χ4v) is 5.33. The Balaban J connectivity index is 0.000000340. The van der Waals surface area contributed by atoms with Crippen LogP contribution in [0.25, 0.3) is 0 Å². The first kappa shape index (κ1) is 31.5. The number of hydrogen-bond donors (Lipinski definition) is 6. The molecule has 8 N–H and O–H groups in total. The van der Waals surface area contributed by atoms with Crippen LogP contribution in [0, 0.1) is 5.92 Å². The van der Waals surface area contributed by atoms with Crippen LogP contribution in [0.5, 0.6) is 0 Å². The van der Waals surface area contributed by atoms with Gasteiger partial charge in [0.1, 0.15) is 12.2 Å². The summed E-state index contributed by atoms with van der Waals surface area (Å²) in [4.78, 5) is 23.4. The second kappa shape index (κ2) is 18.7. The quantitative estimate of drug-likeness (QED) is 0.214. The van der Waals surface area contributed by atoms with Gasteiger partial charge >= 0.3 is 0 Å². The van der Waals surface area contributed by atoms with E-state index in [4.69, 9.17) is 11.5 Å². The van der Waals surface area contributed by atoms with Crippen LogP contribution in [-0.4, -0.2) is 82.9 Å². The zero-order valence-corrected chi connectivity index (χ0v) is 22.7. The normalized spacial score (nSPS) is 20.5. The molecule has 0 bridgehead atoms. The highest BCUT2D eigenvalue weighted by Gasteiger charge is 2.26. The molecule has 0 saturated heterocycles. The highest BCUT2D eigenvalue weighted by atomic mass is 32.2. The molecule has 2 aliphatic rings. The molecule has 0 radical (unpaired) electrons. The molecule has 8 nitrogen and oxygen atoms in total. The first-order valence-electron chi connectivity index (χ1n) is 12.7. The van der Waals surface area contributed by atoms with Gasteiger partial charge in [0.2, 0.25) is 5.91 Å². The largest absolute Gasteiger partial charge is 0.382 e. The van der Waals surface area contributed by atoms with Crippen molar-refractivity contribution in [3.63, 3.8) is 0 Å². The van der Waals surface area contributed by atoms with Gasteiger partial charge in [0.15, 0.2) is 0 Å². The standard InChI is InChI=1S/2C12H24N2O2S/c1-17-7-6-10(13)11(15)12(16)14-8-9-4-2-3-5-9;1-17-8-7-10(13)11(15)12(16)14-9-5-3-2-4-6-9/h2*9-11,15H,2-8,13H2,1H3,(H,14,16)/t2*10-,11?/m00/s1. The van der Waals surface area contributed by atoms with Gasteiger partial charge in [0.05, 0.1) is 0 Å². The molecule has 34 heavy (non-hydrogen) atoms. The van der Waals surface area contributed by atoms with E-state index < -0.39 is 24.3 Å². The van der Waals surface area contributed by atoms with E-state index in [1.54, 1.807) is 23.5 Å². The number of aliphatic hydroxyl groups excluding tert-OH is 2. The van der Waals surface area contributed by atoms with E-state index in [1.165, 1.54) is 44.9 Å². The Labute approximate surface area is 214 Å². The second-order valence-electron chi connectivity index (χ2n) is 9.52. The Morgan fingerprint density at radius 3 is 1.79 bits per heavy atom. The Morgan fingerprint density at radius 2 is 1.29 bits per heavy atom. The van der Waals surface area contributed by atoms with Crippen LogP contribution in [-0.2, 0) is 9.59 Å². The molecule has 0 aromatic rings. The van der Waals surface area contributed by atoms with Gasteiger partial charge in [-0.05, 0) is 68.5 Å². The van der Waals surface area contributed by atoms with Crippen LogP contribution >= 0.6 is 23.5 Å². The van der Waals surface area contributed by atoms with E-state index in [2.05, 4.69) is 10.6 Å². The summed E-state index contributed by atoms with van der Waals surface area (Å²) in [6.45, 7) is 0.686. The van der Waals surface area contributed by atoms with Crippen molar-refractivity contribution in [2.45, 2.75) is 101 Å². The summed E-state index contributed by atoms with van der Waals surface area (Å²) in [5, 5.41) is 25.2. The number of nitrogens with one attached hydrogen (secondary N) is 2. The third-order valence-corrected chi connectivity index (χ3v) is 7.94. The average molecular weight is 521 g/mol. The molecule has 2 aliphatic carbocycles. The predicted molar refractivity (Wildman–Crippen MR) is 144 cm³/mol. The molecule has 2 unspecified atom stereocenters. The van der Waals surface area contributed by atoms with Crippen LogP contribution in [0.4, 0.5) is 0 Å². The number of amides is 2. The van der Waals surface area contributed by atoms with E-state index in [0.717, 1.165) is 24.3 Å². The van der Waals surface area contributed by atoms with Gasteiger partial charge < -0.3 is 32.3 Å². The van der Waals surface area contributed by atoms with Crippen molar-refractivity contribution in [2.24, 2.45) is 17.4 Å². The smallest absolute Gasteiger partial charge is 0.250 e. The SMILES string of the molecule is CSCC[C@H](N)C(O)C(=O)NC1CCCCC1.CSCC[C@H](N)C(O)C(=O)NCC1CCCC1. The number of hydrogen-bond acceptors (Lipinski definition) is 8. The van der Waals surface area contributed by atoms with Crippen LogP contribution in [0.1, 0.15) is 70.6 Å². The van der Waals surface area contributed by atoms with Gasteiger partial charge in [-0.3, -0.25) is 9.59 Å². The lowest BCUT2D eigenvalue weighted by molar-refractivity contribution is -0.131. The molecule has 0 aromatic heterocycles. The van der Waals surface area contributed by atoms with Gasteiger partial charge in [0.25, 0.3) is 5.91 Å². The van der Waals surface area contributed by atoms with Crippen molar-refractivity contribution in [2.75, 3.05) is 30.6 Å². The van der Waals surface area contributed by atoms with Crippen molar-refractivity contribution < 1.29 is 19.8 Å². The van der Waals surface area contributed by atoms with E-state index in [-0.39, 0.29) is 17.9 Å². The third kappa shape index (κ3) is 13.0. The molecule has 2 amide bonds. The van der Waals surface area contributed by atoms with Crippen molar-refractivity contribution in [3.05, 3.63) is 0 Å². The summed E-state index contributed by atoms with van der Waals surface area (Å²) >= 11 is 3.34. The summed E-state index contributed by atoms with van der Waals surface area (Å²) in [5.41, 5.74) is 11.5. The van der Waals surface area contributed by atoms with Gasteiger partial charge in [-0.25, -0.2) is 0 Å². The second-order valence-corrected chi connectivity index (χ2v) is 11.5. The molecular weight excluding hydrogens is 472 g/mol. The minimum Gasteiger partial charge on any atom is -0.382 e. The van der Waals surface area contributed by atoms with Gasteiger partial charge in [-0.1, -0.05) is 32.1 Å². The molecule has 0 spiro atoms. The fourth-order valence-electron chi connectivity index (χ4n) is 4.31. The van der Waals surface area contributed by atoms with Crippen molar-refractivity contribution >= 4 is 35.3 Å². The zero-order valence-electron chi connectivity index (χ0n) is 21.0. The van der Waals surface area contributed by atoms with E-state index in [9.17, 15) is 19.8 Å². The number of carbonyl (C=O) groups is 2. The summed E-state index contributed by atoms with van der Waals surface area (Å²) in [6.07, 6.45) is 13.7. The van der Waals surface area contributed by atoms with E-state index >= 15 is 0 Å². The maximum Gasteiger partial charge on any atom is 0.250 e. The minimum atomic E-state index is -1.07. The van der Waals surface area contributed by atoms with Crippen molar-refractivity contribution in [1.82, 2.24) is 10.6 Å². The number of aliphatic hydroxyl groups is 2. The zero-order chi connectivity index (χ0) is 25.3. The molecule has 0 heterocycles. The van der Waals surface area contributed by atoms with Gasteiger partial charge in [0, 0.05) is 24.7 Å². The lowest BCUT2D eigenvalue weighted by Gasteiger charge is -2.25. The molecule has 200 valence electrons. The highest BCUT2D eigenvalue weighted by Crippen LogP contribution is 2.23. The molecule has 2 saturated carbocycles. The Kier molecular flexibility index (Phi) is 17.3. The topological polar surface area (TPSA) is 151 Å². The predicted octanol–water partition coefficient (Wildman–Crippen LogP) is 1.61. The number of nitrogens with two attached hydrogens (primary N) is 2. The lowest BCUT2D eigenvalue weighted by atomic mass is 9.95. The molecular formula is C24H48N4O4S2. The molecule has 10 heteroatoms. The molecule has 4 atom stereocenters. The van der Waals surface area contributed by atoms with E-state index in [1.807, 2.05) is 12.5 Å². The van der Waals surface area contributed by atoms with Crippen molar-refractivity contribution in [3.8, 4) is 0 Å². The highest BCUT2D eigenvalue weighted by molar-refractivity contribution is 7.98. The first-order valence-corrected chi connectivity index (χ1v) is 15.5. The Bertz CT molecular complexity index is 561. The van der Waals surface area contributed by atoms with Crippen LogP contribution in [0.2, 0.25) is 0 Å². The summed E-state index contributed by atoms with van der Waals surface area (Å²) in [6, 6.07) is -0.671. The number of carbonyl (C=O) groups excluding carboxylic acids is 2. The van der Waals surface area contributed by atoms with Gasteiger partial charge in [-0.2, -0.15) is 23.5 Å². The Hall–Kier alpha value is -0.520. The summed E-state index contributed by atoms with van der Waals surface area (Å²) in [5.74, 6) is 1.72. The fraction of sp³-hybridized carbons (Fsp3) is 0.917. The van der Waals surface area contributed by atoms with Crippen LogP contribution in [0.3, 0.4) is 0 Å².